The fourth-order valence-corrected chi connectivity index (χ4v) is 4.05. The third-order valence-corrected chi connectivity index (χ3v) is 5.99. The highest BCUT2D eigenvalue weighted by Gasteiger charge is 2.22. The van der Waals surface area contributed by atoms with Crippen molar-refractivity contribution >= 4 is 21.8 Å². The second-order valence-electron chi connectivity index (χ2n) is 6.84. The molecule has 3 N–H and O–H groups in total. The third kappa shape index (κ3) is 6.16. The first-order chi connectivity index (χ1) is 15.4. The number of sulfonamides is 1. The lowest BCUT2D eigenvalue weighted by atomic mass is 10.1. The molecule has 0 aliphatic carbocycles. The van der Waals surface area contributed by atoms with E-state index in [9.17, 15) is 18.0 Å². The Labute approximate surface area is 186 Å². The predicted molar refractivity (Wildman–Crippen MR) is 120 cm³/mol. The third-order valence-electron chi connectivity index (χ3n) is 4.43. The van der Waals surface area contributed by atoms with Gasteiger partial charge in [-0.25, -0.2) is 8.42 Å². The van der Waals surface area contributed by atoms with Gasteiger partial charge in [-0.1, -0.05) is 66.7 Å². The number of amides is 2. The summed E-state index contributed by atoms with van der Waals surface area (Å²) in [7, 11) is -3.87. The fraction of sp³-hybridized carbons (Fsp3) is 0.130. The highest BCUT2D eigenvalue weighted by molar-refractivity contribution is 7.89. The van der Waals surface area contributed by atoms with E-state index in [1.165, 1.54) is 19.1 Å². The van der Waals surface area contributed by atoms with Gasteiger partial charge in [0, 0.05) is 5.56 Å². The molecule has 2 amide bonds. The van der Waals surface area contributed by atoms with Gasteiger partial charge in [-0.2, -0.15) is 4.72 Å². The number of hydrogen-bond donors (Lipinski definition) is 3. The average molecular weight is 454 g/mol. The number of benzene rings is 3. The molecule has 9 heteroatoms. The van der Waals surface area contributed by atoms with Crippen molar-refractivity contribution in [2.45, 2.75) is 17.9 Å². The predicted octanol–water partition coefficient (Wildman–Crippen LogP) is 2.25. The molecule has 0 aromatic heterocycles. The Morgan fingerprint density at radius 2 is 1.44 bits per heavy atom. The average Bonchev–Trinajstić information content (AvgIpc) is 2.82. The maximum Gasteiger partial charge on any atom is 0.276 e. The SMILES string of the molecule is C[C@H](NS(=O)(=O)c1ccccc1)C(=O)NNC(=O)COc1ccccc1-c1ccccc1. The van der Waals surface area contributed by atoms with E-state index in [0.717, 1.165) is 11.1 Å². The van der Waals surface area contributed by atoms with E-state index in [1.807, 2.05) is 42.5 Å². The van der Waals surface area contributed by atoms with E-state index in [2.05, 4.69) is 15.6 Å². The van der Waals surface area contributed by atoms with E-state index in [0.29, 0.717) is 5.75 Å². The van der Waals surface area contributed by atoms with Crippen LogP contribution in [0.5, 0.6) is 5.75 Å². The first-order valence-corrected chi connectivity index (χ1v) is 11.3. The number of hydrogen-bond acceptors (Lipinski definition) is 5. The zero-order valence-corrected chi connectivity index (χ0v) is 18.1. The molecule has 0 spiro atoms. The number of carbonyl (C=O) groups is 2. The van der Waals surface area contributed by atoms with E-state index in [4.69, 9.17) is 4.74 Å². The molecule has 0 aliphatic heterocycles. The van der Waals surface area contributed by atoms with Gasteiger partial charge in [0.1, 0.15) is 5.75 Å². The van der Waals surface area contributed by atoms with Crippen molar-refractivity contribution in [1.29, 1.82) is 0 Å². The Morgan fingerprint density at radius 1 is 0.844 bits per heavy atom. The minimum absolute atomic E-state index is 0.0363. The van der Waals surface area contributed by atoms with E-state index >= 15 is 0 Å². The fourth-order valence-electron chi connectivity index (χ4n) is 2.82. The molecule has 3 aromatic rings. The van der Waals surface area contributed by atoms with Gasteiger partial charge in [-0.15, -0.1) is 0 Å². The molecule has 0 aliphatic rings. The van der Waals surface area contributed by atoms with E-state index in [1.54, 1.807) is 30.3 Å². The van der Waals surface area contributed by atoms with Gasteiger partial charge in [0.05, 0.1) is 10.9 Å². The lowest BCUT2D eigenvalue weighted by molar-refractivity contribution is -0.130. The van der Waals surface area contributed by atoms with Crippen LogP contribution in [-0.4, -0.2) is 32.9 Å². The summed E-state index contributed by atoms with van der Waals surface area (Å²) in [5.74, 6) is -0.800. The summed E-state index contributed by atoms with van der Waals surface area (Å²) in [6, 6.07) is 23.4. The summed E-state index contributed by atoms with van der Waals surface area (Å²) in [4.78, 5) is 24.3. The molecular weight excluding hydrogens is 430 g/mol. The smallest absolute Gasteiger partial charge is 0.276 e. The minimum atomic E-state index is -3.87. The van der Waals surface area contributed by atoms with Gasteiger partial charge in [-0.05, 0) is 30.7 Å². The number of nitrogens with one attached hydrogen (secondary N) is 3. The number of carbonyl (C=O) groups excluding carboxylic acids is 2. The Balaban J connectivity index is 1.51. The quantitative estimate of drug-likeness (QED) is 0.453. The summed E-state index contributed by atoms with van der Waals surface area (Å²) in [5, 5.41) is 0. The zero-order valence-electron chi connectivity index (χ0n) is 17.3. The molecule has 3 rings (SSSR count). The molecular formula is C23H23N3O5S. The summed E-state index contributed by atoms with van der Waals surface area (Å²) >= 11 is 0. The first-order valence-electron chi connectivity index (χ1n) is 9.80. The van der Waals surface area contributed by atoms with Crippen LogP contribution in [0.3, 0.4) is 0 Å². The van der Waals surface area contributed by atoms with Crippen LogP contribution in [0, 0.1) is 0 Å². The highest BCUT2D eigenvalue weighted by Crippen LogP contribution is 2.29. The number of rotatable bonds is 8. The second kappa shape index (κ2) is 10.6. The Morgan fingerprint density at radius 3 is 2.12 bits per heavy atom. The Bertz CT molecular complexity index is 1170. The van der Waals surface area contributed by atoms with Gasteiger partial charge < -0.3 is 4.74 Å². The van der Waals surface area contributed by atoms with E-state index in [-0.39, 0.29) is 11.5 Å². The highest BCUT2D eigenvalue weighted by atomic mass is 32.2. The molecule has 0 saturated carbocycles. The summed E-state index contributed by atoms with van der Waals surface area (Å²) in [6.07, 6.45) is 0. The van der Waals surface area contributed by atoms with Crippen molar-refractivity contribution in [3.05, 3.63) is 84.9 Å². The van der Waals surface area contributed by atoms with Crippen LogP contribution < -0.4 is 20.3 Å². The standard InChI is InChI=1S/C23H23N3O5S/c1-17(26-32(29,30)19-12-6-3-7-13-19)23(28)25-24-22(27)16-31-21-15-9-8-14-20(21)18-10-4-2-5-11-18/h2-15,17,26H,16H2,1H3,(H,24,27)(H,25,28)/t17-/m0/s1. The molecule has 0 heterocycles. The molecule has 0 fully saturated rings. The number of hydrazine groups is 1. The molecule has 0 radical (unpaired) electrons. The van der Waals surface area contributed by atoms with Gasteiger partial charge in [0.25, 0.3) is 11.8 Å². The van der Waals surface area contributed by atoms with Crippen molar-refractivity contribution in [1.82, 2.24) is 15.6 Å². The maximum absolute atomic E-state index is 12.3. The van der Waals surface area contributed by atoms with Crippen molar-refractivity contribution in [2.24, 2.45) is 0 Å². The van der Waals surface area contributed by atoms with E-state index < -0.39 is 27.9 Å². The number of para-hydroxylation sites is 1. The lowest BCUT2D eigenvalue weighted by Gasteiger charge is -2.15. The van der Waals surface area contributed by atoms with Crippen molar-refractivity contribution in [3.8, 4) is 16.9 Å². The molecule has 8 nitrogen and oxygen atoms in total. The van der Waals surface area contributed by atoms with Crippen LogP contribution in [0.1, 0.15) is 6.92 Å². The van der Waals surface area contributed by atoms with Crippen LogP contribution in [-0.2, 0) is 19.6 Å². The summed E-state index contributed by atoms with van der Waals surface area (Å²) in [6.45, 7) is 1.03. The minimum Gasteiger partial charge on any atom is -0.483 e. The molecule has 166 valence electrons. The van der Waals surface area contributed by atoms with Crippen molar-refractivity contribution < 1.29 is 22.7 Å². The van der Waals surface area contributed by atoms with Crippen LogP contribution >= 0.6 is 0 Å². The van der Waals surface area contributed by atoms with Crippen molar-refractivity contribution in [2.75, 3.05) is 6.61 Å². The maximum atomic E-state index is 12.3. The monoisotopic (exact) mass is 453 g/mol. The van der Waals surface area contributed by atoms with Crippen LogP contribution in [0.4, 0.5) is 0 Å². The van der Waals surface area contributed by atoms with Crippen LogP contribution in [0.2, 0.25) is 0 Å². The van der Waals surface area contributed by atoms with Gasteiger partial charge >= 0.3 is 0 Å². The zero-order chi connectivity index (χ0) is 23.0. The lowest BCUT2D eigenvalue weighted by Crippen LogP contribution is -2.51. The normalized spacial score (nSPS) is 11.9. The Hall–Kier alpha value is -3.69. The Kier molecular flexibility index (Phi) is 7.58. The number of ether oxygens (including phenoxy) is 1. The molecule has 0 bridgehead atoms. The van der Waals surface area contributed by atoms with Crippen molar-refractivity contribution in [3.63, 3.8) is 0 Å². The second-order valence-corrected chi connectivity index (χ2v) is 8.56. The van der Waals surface area contributed by atoms with Gasteiger partial charge in [0.2, 0.25) is 10.0 Å². The molecule has 0 unspecified atom stereocenters. The van der Waals surface area contributed by atoms with Gasteiger partial charge in [-0.3, -0.25) is 20.4 Å². The summed E-state index contributed by atoms with van der Waals surface area (Å²) < 4.78 is 32.5. The van der Waals surface area contributed by atoms with Gasteiger partial charge in [0.15, 0.2) is 6.61 Å². The molecule has 0 saturated heterocycles. The first kappa shape index (κ1) is 23.0. The molecule has 3 aromatic carbocycles. The summed E-state index contributed by atoms with van der Waals surface area (Å²) in [5.41, 5.74) is 6.18. The van der Waals surface area contributed by atoms with Crippen LogP contribution in [0.15, 0.2) is 89.8 Å². The molecule has 32 heavy (non-hydrogen) atoms. The largest absolute Gasteiger partial charge is 0.483 e. The van der Waals surface area contributed by atoms with Crippen LogP contribution in [0.25, 0.3) is 11.1 Å². The topological polar surface area (TPSA) is 114 Å². The molecule has 1 atom stereocenters.